The number of aromatic nitrogens is 1. The van der Waals surface area contributed by atoms with Gasteiger partial charge in [0, 0.05) is 18.3 Å². The van der Waals surface area contributed by atoms with Crippen LogP contribution in [-0.2, 0) is 6.54 Å². The van der Waals surface area contributed by atoms with Gasteiger partial charge < -0.3 is 16.2 Å². The first kappa shape index (κ1) is 9.92. The molecule has 1 aromatic heterocycles. The van der Waals surface area contributed by atoms with Crippen molar-refractivity contribution in [2.75, 3.05) is 0 Å². The van der Waals surface area contributed by atoms with E-state index in [-0.39, 0.29) is 11.8 Å². The van der Waals surface area contributed by atoms with Gasteiger partial charge in [-0.1, -0.05) is 0 Å². The van der Waals surface area contributed by atoms with Crippen LogP contribution in [0.25, 0.3) is 0 Å². The number of carbonyl (C=O) groups excluding carboxylic acids is 1. The van der Waals surface area contributed by atoms with Gasteiger partial charge in [0.15, 0.2) is 11.4 Å². The number of rotatable bonds is 4. The highest BCUT2D eigenvalue weighted by Crippen LogP contribution is 2.30. The first-order valence-corrected chi connectivity index (χ1v) is 4.86. The molecule has 2 rings (SSSR count). The van der Waals surface area contributed by atoms with Crippen LogP contribution in [0.4, 0.5) is 0 Å². The van der Waals surface area contributed by atoms with Gasteiger partial charge in [0.25, 0.3) is 5.91 Å². The molecule has 1 saturated carbocycles. The van der Waals surface area contributed by atoms with Crippen LogP contribution in [0.15, 0.2) is 12.3 Å². The molecule has 5 heteroatoms. The van der Waals surface area contributed by atoms with Crippen molar-refractivity contribution in [3.8, 4) is 5.75 Å². The summed E-state index contributed by atoms with van der Waals surface area (Å²) >= 11 is 0. The molecular formula is C10H13N3O2. The molecule has 0 radical (unpaired) electrons. The lowest BCUT2D eigenvalue weighted by Crippen LogP contribution is -2.17. The zero-order valence-corrected chi connectivity index (χ0v) is 8.27. The molecule has 1 fully saturated rings. The van der Waals surface area contributed by atoms with Crippen LogP contribution < -0.4 is 16.2 Å². The molecule has 0 aromatic carbocycles. The lowest BCUT2D eigenvalue weighted by atomic mass is 10.2. The van der Waals surface area contributed by atoms with Crippen molar-refractivity contribution in [1.29, 1.82) is 0 Å². The Labute approximate surface area is 87.4 Å². The Bertz CT molecular complexity index is 388. The van der Waals surface area contributed by atoms with Gasteiger partial charge in [0.1, 0.15) is 0 Å². The molecule has 0 unspecified atom stereocenters. The third-order valence-corrected chi connectivity index (χ3v) is 2.25. The fraction of sp³-hybridized carbons (Fsp3) is 0.400. The average molecular weight is 207 g/mol. The molecule has 1 aliphatic rings. The number of nitrogens with zero attached hydrogens (tertiary/aromatic N) is 1. The minimum absolute atomic E-state index is 0.171. The third kappa shape index (κ3) is 2.07. The second kappa shape index (κ2) is 3.86. The minimum atomic E-state index is -0.582. The molecule has 15 heavy (non-hydrogen) atoms. The van der Waals surface area contributed by atoms with Crippen molar-refractivity contribution >= 4 is 5.91 Å². The van der Waals surface area contributed by atoms with Gasteiger partial charge in [-0.05, 0) is 18.9 Å². The number of primary amides is 1. The summed E-state index contributed by atoms with van der Waals surface area (Å²) in [4.78, 5) is 15.0. The zero-order valence-electron chi connectivity index (χ0n) is 8.27. The molecule has 5 nitrogen and oxygen atoms in total. The predicted molar refractivity (Wildman–Crippen MR) is 54.3 cm³/mol. The highest BCUT2D eigenvalue weighted by Gasteiger charge is 2.27. The van der Waals surface area contributed by atoms with Gasteiger partial charge in [-0.3, -0.25) is 4.79 Å². The van der Waals surface area contributed by atoms with Crippen molar-refractivity contribution in [1.82, 2.24) is 4.98 Å². The monoisotopic (exact) mass is 207 g/mol. The summed E-state index contributed by atoms with van der Waals surface area (Å²) in [6, 6.07) is 1.74. The van der Waals surface area contributed by atoms with E-state index in [0.29, 0.717) is 12.3 Å². The topological polar surface area (TPSA) is 91.2 Å². The lowest BCUT2D eigenvalue weighted by Gasteiger charge is -2.11. The maximum Gasteiger partial charge on any atom is 0.271 e. The smallest absolute Gasteiger partial charge is 0.271 e. The molecule has 4 N–H and O–H groups in total. The van der Waals surface area contributed by atoms with E-state index in [9.17, 15) is 4.79 Å². The molecule has 0 spiro atoms. The lowest BCUT2D eigenvalue weighted by molar-refractivity contribution is 0.0990. The number of hydrogen-bond donors (Lipinski definition) is 2. The van der Waals surface area contributed by atoms with Gasteiger partial charge in [0.2, 0.25) is 0 Å². The van der Waals surface area contributed by atoms with Gasteiger partial charge in [-0.2, -0.15) is 0 Å². The Morgan fingerprint density at radius 3 is 2.87 bits per heavy atom. The van der Waals surface area contributed by atoms with E-state index in [2.05, 4.69) is 4.98 Å². The summed E-state index contributed by atoms with van der Waals surface area (Å²) in [6.45, 7) is 0.310. The molecule has 80 valence electrons. The summed E-state index contributed by atoms with van der Waals surface area (Å²) in [5.74, 6) is -0.129. The van der Waals surface area contributed by atoms with E-state index < -0.39 is 5.91 Å². The van der Waals surface area contributed by atoms with E-state index in [1.54, 1.807) is 6.07 Å². The molecule has 0 aliphatic heterocycles. The van der Waals surface area contributed by atoms with Gasteiger partial charge >= 0.3 is 0 Å². The summed E-state index contributed by atoms with van der Waals surface area (Å²) in [6.07, 6.45) is 3.73. The highest BCUT2D eigenvalue weighted by atomic mass is 16.5. The maximum atomic E-state index is 11.1. The van der Waals surface area contributed by atoms with Crippen LogP contribution in [0.5, 0.6) is 5.75 Å². The van der Waals surface area contributed by atoms with E-state index in [1.807, 2.05) is 0 Å². The standard InChI is InChI=1S/C10H13N3O2/c11-5-6-3-4-13-8(10(12)14)9(6)15-7-1-2-7/h3-4,7H,1-2,5,11H2,(H2,12,14). The normalized spacial score (nSPS) is 15.0. The van der Waals surface area contributed by atoms with Crippen LogP contribution in [-0.4, -0.2) is 17.0 Å². The van der Waals surface area contributed by atoms with Crippen LogP contribution in [0, 0.1) is 0 Å². The van der Waals surface area contributed by atoms with E-state index in [0.717, 1.165) is 18.4 Å². The fourth-order valence-corrected chi connectivity index (χ4v) is 1.31. The number of nitrogens with two attached hydrogens (primary N) is 2. The van der Waals surface area contributed by atoms with Crippen LogP contribution in [0.1, 0.15) is 28.9 Å². The number of pyridine rings is 1. The first-order valence-electron chi connectivity index (χ1n) is 4.86. The molecule has 1 aliphatic carbocycles. The summed E-state index contributed by atoms with van der Waals surface area (Å²) in [7, 11) is 0. The SMILES string of the molecule is NCc1ccnc(C(N)=O)c1OC1CC1. The van der Waals surface area contributed by atoms with E-state index in [4.69, 9.17) is 16.2 Å². The third-order valence-electron chi connectivity index (χ3n) is 2.25. The molecule has 1 aromatic rings. The second-order valence-corrected chi connectivity index (χ2v) is 3.53. The zero-order chi connectivity index (χ0) is 10.8. The van der Waals surface area contributed by atoms with Crippen molar-refractivity contribution in [2.45, 2.75) is 25.5 Å². The summed E-state index contributed by atoms with van der Waals surface area (Å²) in [5, 5.41) is 0. The predicted octanol–water partition coefficient (Wildman–Crippen LogP) is 0.180. The molecule has 1 heterocycles. The fourth-order valence-electron chi connectivity index (χ4n) is 1.31. The van der Waals surface area contributed by atoms with Crippen molar-refractivity contribution in [3.05, 3.63) is 23.5 Å². The van der Waals surface area contributed by atoms with E-state index >= 15 is 0 Å². The van der Waals surface area contributed by atoms with Gasteiger partial charge in [-0.25, -0.2) is 4.98 Å². The number of carbonyl (C=O) groups is 1. The first-order chi connectivity index (χ1) is 7.22. The molecule has 0 bridgehead atoms. The van der Waals surface area contributed by atoms with Crippen LogP contribution in [0.3, 0.4) is 0 Å². The Balaban J connectivity index is 2.38. The Morgan fingerprint density at radius 1 is 1.60 bits per heavy atom. The van der Waals surface area contributed by atoms with Crippen molar-refractivity contribution < 1.29 is 9.53 Å². The molecule has 0 saturated heterocycles. The summed E-state index contributed by atoms with van der Waals surface area (Å²) < 4.78 is 5.60. The van der Waals surface area contributed by atoms with Crippen LogP contribution >= 0.6 is 0 Å². The van der Waals surface area contributed by atoms with Crippen molar-refractivity contribution in [3.63, 3.8) is 0 Å². The van der Waals surface area contributed by atoms with Gasteiger partial charge in [-0.15, -0.1) is 0 Å². The largest absolute Gasteiger partial charge is 0.488 e. The van der Waals surface area contributed by atoms with Gasteiger partial charge in [0.05, 0.1) is 6.10 Å². The number of ether oxygens (including phenoxy) is 1. The maximum absolute atomic E-state index is 11.1. The second-order valence-electron chi connectivity index (χ2n) is 3.53. The Morgan fingerprint density at radius 2 is 2.33 bits per heavy atom. The van der Waals surface area contributed by atoms with Crippen LogP contribution in [0.2, 0.25) is 0 Å². The highest BCUT2D eigenvalue weighted by molar-refractivity contribution is 5.93. The Hall–Kier alpha value is -1.62. The Kier molecular flexibility index (Phi) is 2.55. The van der Waals surface area contributed by atoms with E-state index in [1.165, 1.54) is 6.20 Å². The number of hydrogen-bond acceptors (Lipinski definition) is 4. The molecule has 0 atom stereocenters. The molecular weight excluding hydrogens is 194 g/mol. The summed E-state index contributed by atoms with van der Waals surface area (Å²) in [5.41, 5.74) is 11.7. The molecule has 1 amide bonds. The number of amides is 1. The van der Waals surface area contributed by atoms with Crippen molar-refractivity contribution in [2.24, 2.45) is 11.5 Å². The minimum Gasteiger partial charge on any atom is -0.488 e. The quantitative estimate of drug-likeness (QED) is 0.736. The average Bonchev–Trinajstić information content (AvgIpc) is 3.01.